The smallest absolute Gasteiger partial charge is 0.335 e. The van der Waals surface area contributed by atoms with Crippen molar-refractivity contribution in [3.8, 4) is 0 Å². The third-order valence-electron chi connectivity index (χ3n) is 4.22. The largest absolute Gasteiger partial charge is 0.478 e. The van der Waals surface area contributed by atoms with Gasteiger partial charge in [-0.1, -0.05) is 12.1 Å². The molecule has 124 valence electrons. The summed E-state index contributed by atoms with van der Waals surface area (Å²) < 4.78 is 0. The number of hydrogen-bond acceptors (Lipinski definition) is 3. The molecule has 5 heteroatoms. The Morgan fingerprint density at radius 1 is 0.917 bits per heavy atom. The molecule has 0 aliphatic carbocycles. The highest BCUT2D eigenvalue weighted by atomic mass is 16.4. The van der Waals surface area contributed by atoms with Crippen LogP contribution in [-0.4, -0.2) is 35.0 Å². The molecule has 1 aliphatic rings. The SMILES string of the molecule is O=C(O)c1ccc(CNc2ccc(C(=O)N3CCCC3)cc2)cc1. The van der Waals surface area contributed by atoms with E-state index in [9.17, 15) is 9.59 Å². The van der Waals surface area contributed by atoms with Gasteiger partial charge in [0.25, 0.3) is 5.91 Å². The zero-order chi connectivity index (χ0) is 16.9. The van der Waals surface area contributed by atoms with Crippen LogP contribution in [-0.2, 0) is 6.54 Å². The Hall–Kier alpha value is -2.82. The molecule has 2 aromatic carbocycles. The fraction of sp³-hybridized carbons (Fsp3) is 0.263. The molecule has 0 radical (unpaired) electrons. The van der Waals surface area contributed by atoms with Gasteiger partial charge in [0.2, 0.25) is 0 Å². The number of rotatable bonds is 5. The molecule has 1 heterocycles. The molecule has 1 amide bonds. The Morgan fingerprint density at radius 3 is 2.08 bits per heavy atom. The molecule has 1 fully saturated rings. The van der Waals surface area contributed by atoms with Crippen LogP contribution in [0.3, 0.4) is 0 Å². The van der Waals surface area contributed by atoms with Crippen LogP contribution < -0.4 is 5.32 Å². The van der Waals surface area contributed by atoms with Crippen LogP contribution in [0.1, 0.15) is 39.1 Å². The van der Waals surface area contributed by atoms with Gasteiger partial charge in [-0.25, -0.2) is 4.79 Å². The Kier molecular flexibility index (Phi) is 4.79. The van der Waals surface area contributed by atoms with Crippen molar-refractivity contribution in [3.05, 3.63) is 65.2 Å². The Morgan fingerprint density at radius 2 is 1.50 bits per heavy atom. The summed E-state index contributed by atoms with van der Waals surface area (Å²) in [5.41, 5.74) is 2.92. The molecule has 3 rings (SSSR count). The van der Waals surface area contributed by atoms with E-state index in [4.69, 9.17) is 5.11 Å². The summed E-state index contributed by atoms with van der Waals surface area (Å²) in [6, 6.07) is 14.3. The molecule has 0 atom stereocenters. The molecule has 24 heavy (non-hydrogen) atoms. The summed E-state index contributed by atoms with van der Waals surface area (Å²) in [5, 5.41) is 12.2. The summed E-state index contributed by atoms with van der Waals surface area (Å²) in [7, 11) is 0. The number of anilines is 1. The number of aromatic carboxylic acids is 1. The average molecular weight is 324 g/mol. The molecular formula is C19H20N2O3. The van der Waals surface area contributed by atoms with Gasteiger partial charge in [0, 0.05) is 30.9 Å². The van der Waals surface area contributed by atoms with Crippen molar-refractivity contribution in [1.29, 1.82) is 0 Å². The second-order valence-electron chi connectivity index (χ2n) is 5.93. The van der Waals surface area contributed by atoms with E-state index in [1.807, 2.05) is 29.2 Å². The van der Waals surface area contributed by atoms with Crippen LogP contribution in [0.5, 0.6) is 0 Å². The summed E-state index contributed by atoms with van der Waals surface area (Å²) >= 11 is 0. The van der Waals surface area contributed by atoms with Gasteiger partial charge in [-0.2, -0.15) is 0 Å². The van der Waals surface area contributed by atoms with E-state index in [1.165, 1.54) is 0 Å². The first-order chi connectivity index (χ1) is 11.6. The normalized spacial score (nSPS) is 13.8. The first kappa shape index (κ1) is 16.1. The van der Waals surface area contributed by atoms with Gasteiger partial charge in [0.15, 0.2) is 0 Å². The highest BCUT2D eigenvalue weighted by Crippen LogP contribution is 2.16. The molecule has 2 N–H and O–H groups in total. The lowest BCUT2D eigenvalue weighted by Crippen LogP contribution is -2.27. The molecule has 0 unspecified atom stereocenters. The molecule has 2 aromatic rings. The van der Waals surface area contributed by atoms with Crippen molar-refractivity contribution >= 4 is 17.6 Å². The van der Waals surface area contributed by atoms with Crippen LogP contribution in [0.25, 0.3) is 0 Å². The van der Waals surface area contributed by atoms with Gasteiger partial charge in [-0.3, -0.25) is 4.79 Å². The number of hydrogen-bond donors (Lipinski definition) is 2. The monoisotopic (exact) mass is 324 g/mol. The summed E-state index contributed by atoms with van der Waals surface area (Å²) in [5.74, 6) is -0.823. The highest BCUT2D eigenvalue weighted by molar-refractivity contribution is 5.94. The molecule has 0 aromatic heterocycles. The van der Waals surface area contributed by atoms with Crippen LogP contribution in [0.15, 0.2) is 48.5 Å². The number of carbonyl (C=O) groups is 2. The number of amides is 1. The van der Waals surface area contributed by atoms with E-state index in [2.05, 4.69) is 5.32 Å². The zero-order valence-corrected chi connectivity index (χ0v) is 13.4. The van der Waals surface area contributed by atoms with Crippen molar-refractivity contribution in [2.24, 2.45) is 0 Å². The zero-order valence-electron chi connectivity index (χ0n) is 13.4. The quantitative estimate of drug-likeness (QED) is 0.886. The maximum Gasteiger partial charge on any atom is 0.335 e. The first-order valence-electron chi connectivity index (χ1n) is 8.09. The minimum Gasteiger partial charge on any atom is -0.478 e. The number of carbonyl (C=O) groups excluding carboxylic acids is 1. The minimum atomic E-state index is -0.923. The molecule has 0 saturated carbocycles. The molecule has 0 spiro atoms. The number of likely N-dealkylation sites (tertiary alicyclic amines) is 1. The lowest BCUT2D eigenvalue weighted by molar-refractivity contribution is 0.0696. The second kappa shape index (κ2) is 7.17. The first-order valence-corrected chi connectivity index (χ1v) is 8.09. The lowest BCUT2D eigenvalue weighted by atomic mass is 10.1. The van der Waals surface area contributed by atoms with Gasteiger partial charge in [-0.05, 0) is 54.8 Å². The van der Waals surface area contributed by atoms with Gasteiger partial charge >= 0.3 is 5.97 Å². The van der Waals surface area contributed by atoms with Crippen LogP contribution in [0.2, 0.25) is 0 Å². The van der Waals surface area contributed by atoms with Crippen LogP contribution in [0.4, 0.5) is 5.69 Å². The Balaban J connectivity index is 1.57. The summed E-state index contributed by atoms with van der Waals surface area (Å²) in [4.78, 5) is 25.0. The maximum absolute atomic E-state index is 12.3. The lowest BCUT2D eigenvalue weighted by Gasteiger charge is -2.15. The standard InChI is InChI=1S/C19H20N2O3/c22-18(21-11-1-2-12-21)15-7-9-17(10-8-15)20-13-14-3-5-16(6-4-14)19(23)24/h3-10,20H,1-2,11-13H2,(H,23,24). The van der Waals surface area contributed by atoms with Gasteiger partial charge < -0.3 is 15.3 Å². The summed E-state index contributed by atoms with van der Waals surface area (Å²) in [6.45, 7) is 2.30. The number of carboxylic acids is 1. The molecule has 5 nitrogen and oxygen atoms in total. The van der Waals surface area contributed by atoms with E-state index >= 15 is 0 Å². The van der Waals surface area contributed by atoms with Crippen molar-refractivity contribution in [2.45, 2.75) is 19.4 Å². The molecular weight excluding hydrogens is 304 g/mol. The fourth-order valence-electron chi connectivity index (χ4n) is 2.80. The third kappa shape index (κ3) is 3.74. The van der Waals surface area contributed by atoms with E-state index in [1.54, 1.807) is 24.3 Å². The minimum absolute atomic E-state index is 0.100. The highest BCUT2D eigenvalue weighted by Gasteiger charge is 2.19. The number of carboxylic acid groups (broad SMARTS) is 1. The number of nitrogens with zero attached hydrogens (tertiary/aromatic N) is 1. The predicted molar refractivity (Wildman–Crippen MR) is 92.3 cm³/mol. The van der Waals surface area contributed by atoms with E-state index in [0.717, 1.165) is 37.2 Å². The van der Waals surface area contributed by atoms with Crippen LogP contribution >= 0.6 is 0 Å². The van der Waals surface area contributed by atoms with Gasteiger partial charge in [0.1, 0.15) is 0 Å². The summed E-state index contributed by atoms with van der Waals surface area (Å²) in [6.07, 6.45) is 2.18. The molecule has 0 bridgehead atoms. The van der Waals surface area contributed by atoms with Crippen molar-refractivity contribution in [3.63, 3.8) is 0 Å². The molecule has 1 saturated heterocycles. The number of nitrogens with one attached hydrogen (secondary N) is 1. The molecule has 1 aliphatic heterocycles. The maximum atomic E-state index is 12.3. The van der Waals surface area contributed by atoms with E-state index in [-0.39, 0.29) is 11.5 Å². The predicted octanol–water partition coefficient (Wildman–Crippen LogP) is 3.23. The number of benzene rings is 2. The topological polar surface area (TPSA) is 69.6 Å². The van der Waals surface area contributed by atoms with E-state index < -0.39 is 5.97 Å². The Bertz CT molecular complexity index is 717. The second-order valence-corrected chi connectivity index (χ2v) is 5.93. The van der Waals surface area contributed by atoms with Crippen molar-refractivity contribution < 1.29 is 14.7 Å². The van der Waals surface area contributed by atoms with Crippen molar-refractivity contribution in [1.82, 2.24) is 4.90 Å². The van der Waals surface area contributed by atoms with E-state index in [0.29, 0.717) is 12.1 Å². The fourth-order valence-corrected chi connectivity index (χ4v) is 2.80. The van der Waals surface area contributed by atoms with Gasteiger partial charge in [-0.15, -0.1) is 0 Å². The Labute approximate surface area is 140 Å². The van der Waals surface area contributed by atoms with Gasteiger partial charge in [0.05, 0.1) is 5.56 Å². The van der Waals surface area contributed by atoms with Crippen LogP contribution in [0, 0.1) is 0 Å². The third-order valence-corrected chi connectivity index (χ3v) is 4.22. The van der Waals surface area contributed by atoms with Crippen molar-refractivity contribution in [2.75, 3.05) is 18.4 Å². The average Bonchev–Trinajstić information content (AvgIpc) is 3.15.